The molecule has 0 radical (unpaired) electrons. The third-order valence-corrected chi connectivity index (χ3v) is 5.11. The first-order chi connectivity index (χ1) is 12.6. The van der Waals surface area contributed by atoms with Gasteiger partial charge in [0.05, 0.1) is 5.69 Å². The minimum Gasteiger partial charge on any atom is -0.289 e. The molecule has 0 spiro atoms. The highest BCUT2D eigenvalue weighted by Crippen LogP contribution is 2.41. The van der Waals surface area contributed by atoms with Crippen LogP contribution in [-0.2, 0) is 0 Å². The molecule has 1 aromatic heterocycles. The van der Waals surface area contributed by atoms with Crippen LogP contribution < -0.4 is 0 Å². The number of ketones is 1. The molecule has 26 heavy (non-hydrogen) atoms. The molecule has 0 fully saturated rings. The third-order valence-electron chi connectivity index (χ3n) is 5.11. The number of benzene rings is 3. The van der Waals surface area contributed by atoms with Crippen molar-refractivity contribution in [2.75, 3.05) is 0 Å². The van der Waals surface area contributed by atoms with Crippen LogP contribution in [0.5, 0.6) is 0 Å². The van der Waals surface area contributed by atoms with Crippen molar-refractivity contribution in [2.45, 2.75) is 13.8 Å². The fourth-order valence-electron chi connectivity index (χ4n) is 4.10. The Balaban J connectivity index is 1.90. The van der Waals surface area contributed by atoms with Gasteiger partial charge in [0.25, 0.3) is 0 Å². The topological polar surface area (TPSA) is 30.0 Å². The number of aryl methyl sites for hydroxylation is 2. The number of pyridine rings is 1. The van der Waals surface area contributed by atoms with Crippen LogP contribution in [0.2, 0.25) is 0 Å². The maximum atomic E-state index is 13.0. The van der Waals surface area contributed by atoms with E-state index >= 15 is 0 Å². The second kappa shape index (κ2) is 5.37. The smallest absolute Gasteiger partial charge is 0.194 e. The van der Waals surface area contributed by atoms with Gasteiger partial charge in [-0.1, -0.05) is 59.7 Å². The summed E-state index contributed by atoms with van der Waals surface area (Å²) in [6.45, 7) is 4.20. The summed E-state index contributed by atoms with van der Waals surface area (Å²) in [5.41, 5.74) is 7.99. The van der Waals surface area contributed by atoms with Gasteiger partial charge in [-0.2, -0.15) is 0 Å². The van der Waals surface area contributed by atoms with Crippen molar-refractivity contribution in [1.82, 2.24) is 4.98 Å². The number of hydrogen-bond donors (Lipinski definition) is 0. The summed E-state index contributed by atoms with van der Waals surface area (Å²) in [6.07, 6.45) is 1.92. The Labute approximate surface area is 152 Å². The fourth-order valence-corrected chi connectivity index (χ4v) is 4.10. The summed E-state index contributed by atoms with van der Waals surface area (Å²) >= 11 is 0. The minimum absolute atomic E-state index is 0.0938. The van der Waals surface area contributed by atoms with Crippen molar-refractivity contribution in [2.24, 2.45) is 0 Å². The average molecular weight is 335 g/mol. The maximum absolute atomic E-state index is 13.0. The lowest BCUT2D eigenvalue weighted by molar-refractivity contribution is 0.104. The number of aromatic nitrogens is 1. The maximum Gasteiger partial charge on any atom is 0.194 e. The molecule has 0 unspecified atom stereocenters. The molecule has 1 heterocycles. The monoisotopic (exact) mass is 335 g/mol. The Morgan fingerprint density at radius 3 is 2.19 bits per heavy atom. The van der Waals surface area contributed by atoms with Gasteiger partial charge in [0.2, 0.25) is 0 Å². The lowest BCUT2D eigenvalue weighted by Gasteiger charge is -2.20. The molecule has 0 bridgehead atoms. The summed E-state index contributed by atoms with van der Waals surface area (Å²) in [4.78, 5) is 17.8. The van der Waals surface area contributed by atoms with Crippen LogP contribution in [0.25, 0.3) is 33.2 Å². The highest BCUT2D eigenvalue weighted by Gasteiger charge is 2.26. The zero-order valence-electron chi connectivity index (χ0n) is 14.7. The van der Waals surface area contributed by atoms with Crippen LogP contribution in [0.15, 0.2) is 66.9 Å². The van der Waals surface area contributed by atoms with Gasteiger partial charge in [-0.15, -0.1) is 0 Å². The number of rotatable bonds is 1. The fraction of sp³-hybridized carbons (Fsp3) is 0.0833. The van der Waals surface area contributed by atoms with Crippen molar-refractivity contribution in [3.05, 3.63) is 89.1 Å². The molecular weight excluding hydrogens is 318 g/mol. The molecule has 2 heteroatoms. The molecule has 0 atom stereocenters. The third kappa shape index (κ3) is 2.05. The second-order valence-corrected chi connectivity index (χ2v) is 7.00. The Morgan fingerprint density at radius 1 is 0.731 bits per heavy atom. The van der Waals surface area contributed by atoms with Gasteiger partial charge in [0.15, 0.2) is 5.78 Å². The first-order valence-corrected chi connectivity index (χ1v) is 8.78. The molecule has 124 valence electrons. The van der Waals surface area contributed by atoms with Gasteiger partial charge in [0.1, 0.15) is 0 Å². The minimum atomic E-state index is 0.0938. The molecule has 3 aromatic carbocycles. The van der Waals surface area contributed by atoms with E-state index in [0.29, 0.717) is 0 Å². The van der Waals surface area contributed by atoms with E-state index < -0.39 is 0 Å². The number of fused-ring (bicyclic) bond motifs is 2. The Bertz CT molecular complexity index is 1200. The van der Waals surface area contributed by atoms with Crippen LogP contribution in [0.4, 0.5) is 0 Å². The van der Waals surface area contributed by atoms with E-state index in [4.69, 9.17) is 4.98 Å². The normalized spacial score (nSPS) is 12.3. The molecule has 0 saturated heterocycles. The van der Waals surface area contributed by atoms with Crippen LogP contribution >= 0.6 is 0 Å². The van der Waals surface area contributed by atoms with Gasteiger partial charge in [-0.05, 0) is 31.5 Å². The van der Waals surface area contributed by atoms with Gasteiger partial charge < -0.3 is 0 Å². The highest BCUT2D eigenvalue weighted by atomic mass is 16.1. The summed E-state index contributed by atoms with van der Waals surface area (Å²) in [7, 11) is 0. The van der Waals surface area contributed by atoms with Crippen LogP contribution in [-0.4, -0.2) is 10.8 Å². The summed E-state index contributed by atoms with van der Waals surface area (Å²) in [6, 6.07) is 20.2. The lowest BCUT2D eigenvalue weighted by atomic mass is 9.83. The van der Waals surface area contributed by atoms with Crippen molar-refractivity contribution in [3.8, 4) is 22.4 Å². The molecule has 0 amide bonds. The Morgan fingerprint density at radius 2 is 1.42 bits per heavy atom. The summed E-state index contributed by atoms with van der Waals surface area (Å²) in [5.74, 6) is 0.0938. The predicted octanol–water partition coefficient (Wildman–Crippen LogP) is 5.73. The van der Waals surface area contributed by atoms with Crippen LogP contribution in [0, 0.1) is 13.8 Å². The van der Waals surface area contributed by atoms with E-state index in [1.54, 1.807) is 0 Å². The molecule has 1 aliphatic carbocycles. The van der Waals surface area contributed by atoms with Crippen LogP contribution in [0.1, 0.15) is 27.0 Å². The Kier molecular flexibility index (Phi) is 3.10. The summed E-state index contributed by atoms with van der Waals surface area (Å²) in [5, 5.41) is 2.05. The second-order valence-electron chi connectivity index (χ2n) is 7.00. The zero-order chi connectivity index (χ0) is 17.8. The van der Waals surface area contributed by atoms with Gasteiger partial charge in [0, 0.05) is 39.2 Å². The largest absolute Gasteiger partial charge is 0.289 e. The number of hydrogen-bond acceptors (Lipinski definition) is 2. The molecule has 4 aromatic rings. The van der Waals surface area contributed by atoms with E-state index in [-0.39, 0.29) is 5.78 Å². The predicted molar refractivity (Wildman–Crippen MR) is 106 cm³/mol. The number of nitrogens with zero attached hydrogens (tertiary/aromatic N) is 1. The van der Waals surface area contributed by atoms with E-state index in [2.05, 4.69) is 38.1 Å². The molecule has 5 rings (SSSR count). The average Bonchev–Trinajstić information content (AvgIpc) is 2.65. The number of carbonyl (C=O) groups is 1. The van der Waals surface area contributed by atoms with Gasteiger partial charge >= 0.3 is 0 Å². The van der Waals surface area contributed by atoms with E-state index in [0.717, 1.165) is 44.3 Å². The first kappa shape index (κ1) is 15.0. The van der Waals surface area contributed by atoms with Crippen molar-refractivity contribution >= 4 is 16.6 Å². The summed E-state index contributed by atoms with van der Waals surface area (Å²) < 4.78 is 0. The first-order valence-electron chi connectivity index (χ1n) is 8.78. The molecule has 0 saturated carbocycles. The van der Waals surface area contributed by atoms with Gasteiger partial charge in [-0.3, -0.25) is 9.78 Å². The van der Waals surface area contributed by atoms with Crippen molar-refractivity contribution in [1.29, 1.82) is 0 Å². The SMILES string of the molecule is Cc1cc(C)cc(-c2ncc3c4c(cccc24)C(=O)c2ccccc2-3)c1. The standard InChI is InChI=1S/C24H17NO/c1-14-10-15(2)12-16(11-14)23-19-8-5-9-20-22(19)21(13-25-23)17-6-3-4-7-18(17)24(20)26/h3-13H,1-2H3. The molecule has 2 nitrogen and oxygen atoms in total. The lowest BCUT2D eigenvalue weighted by Crippen LogP contribution is -2.10. The van der Waals surface area contributed by atoms with Gasteiger partial charge in [-0.25, -0.2) is 0 Å². The molecule has 1 aliphatic rings. The van der Waals surface area contributed by atoms with E-state index in [1.165, 1.54) is 11.1 Å². The van der Waals surface area contributed by atoms with Crippen LogP contribution in [0.3, 0.4) is 0 Å². The van der Waals surface area contributed by atoms with Crippen molar-refractivity contribution in [3.63, 3.8) is 0 Å². The Hall–Kier alpha value is -3.26. The van der Waals surface area contributed by atoms with Crippen molar-refractivity contribution < 1.29 is 4.79 Å². The van der Waals surface area contributed by atoms with E-state index in [1.807, 2.05) is 42.6 Å². The highest BCUT2D eigenvalue weighted by molar-refractivity contribution is 6.26. The molecule has 0 aliphatic heterocycles. The molecule has 0 N–H and O–H groups in total. The number of carbonyl (C=O) groups excluding carboxylic acids is 1. The van der Waals surface area contributed by atoms with E-state index in [9.17, 15) is 4.79 Å². The molecular formula is C24H17NO. The zero-order valence-corrected chi connectivity index (χ0v) is 14.7. The quantitative estimate of drug-likeness (QED) is 0.391.